The van der Waals surface area contributed by atoms with Gasteiger partial charge in [-0.25, -0.2) is 0 Å². The van der Waals surface area contributed by atoms with Crippen molar-refractivity contribution in [1.82, 2.24) is 0 Å². The van der Waals surface area contributed by atoms with Crippen LogP contribution in [-0.2, 0) is 17.6 Å². The van der Waals surface area contributed by atoms with E-state index in [1.54, 1.807) is 7.11 Å². The average molecular weight is 238 g/mol. The van der Waals surface area contributed by atoms with Gasteiger partial charge in [0.2, 0.25) is 0 Å². The molecule has 0 heterocycles. The predicted molar refractivity (Wildman–Crippen MR) is 78.7 cm³/mol. The van der Waals surface area contributed by atoms with Crippen LogP contribution in [0.25, 0.3) is 0 Å². The Morgan fingerprint density at radius 1 is 0.941 bits per heavy atom. The lowest BCUT2D eigenvalue weighted by Gasteiger charge is -2.03. The molecule has 0 aliphatic carbocycles. The number of ether oxygens (including phenoxy) is 1. The molecule has 1 nitrogen and oxygen atoms in total. The van der Waals surface area contributed by atoms with Gasteiger partial charge in [-0.3, -0.25) is 0 Å². The first-order valence-electron chi connectivity index (χ1n) is 6.93. The van der Waals surface area contributed by atoms with Crippen molar-refractivity contribution in [3.63, 3.8) is 0 Å². The van der Waals surface area contributed by atoms with Crippen molar-refractivity contribution in [2.45, 2.75) is 53.9 Å². The Balaban J connectivity index is 0. The van der Waals surface area contributed by atoms with Crippen molar-refractivity contribution >= 4 is 0 Å². The number of aryl methyl sites for hydroxylation is 1. The molecule has 0 saturated heterocycles. The second kappa shape index (κ2) is 15.2. The third kappa shape index (κ3) is 10.1. The standard InChI is InChI=1S/C12H18O.2C2H6/c1-3-5-11-6-4-7-12(10-11)8-9-13-2;2*1-2/h4,6-7,10H,3,5,8-9H2,1-2H3;2*1-2H3. The molecule has 0 aliphatic rings. The highest BCUT2D eigenvalue weighted by atomic mass is 16.5. The van der Waals surface area contributed by atoms with Gasteiger partial charge in [-0.1, -0.05) is 65.3 Å². The summed E-state index contributed by atoms with van der Waals surface area (Å²) < 4.78 is 5.05. The molecule has 100 valence electrons. The molecule has 0 aliphatic heterocycles. The van der Waals surface area contributed by atoms with Crippen LogP contribution in [0.2, 0.25) is 0 Å². The fraction of sp³-hybridized carbons (Fsp3) is 0.625. The smallest absolute Gasteiger partial charge is 0.0502 e. The van der Waals surface area contributed by atoms with Crippen LogP contribution in [0.5, 0.6) is 0 Å². The molecule has 0 atom stereocenters. The summed E-state index contributed by atoms with van der Waals surface area (Å²) in [4.78, 5) is 0. The first kappa shape index (κ1) is 18.5. The van der Waals surface area contributed by atoms with Crippen molar-refractivity contribution in [1.29, 1.82) is 0 Å². The molecule has 0 radical (unpaired) electrons. The number of methoxy groups -OCH3 is 1. The molecular formula is C16H30O. The summed E-state index contributed by atoms with van der Waals surface area (Å²) in [6.07, 6.45) is 3.42. The van der Waals surface area contributed by atoms with E-state index in [0.717, 1.165) is 13.0 Å². The zero-order chi connectivity index (χ0) is 13.5. The van der Waals surface area contributed by atoms with Crippen LogP contribution in [0.1, 0.15) is 52.2 Å². The molecule has 0 bridgehead atoms. The second-order valence-corrected chi connectivity index (χ2v) is 3.31. The van der Waals surface area contributed by atoms with Gasteiger partial charge in [0.1, 0.15) is 0 Å². The van der Waals surface area contributed by atoms with Gasteiger partial charge in [0.25, 0.3) is 0 Å². The zero-order valence-corrected chi connectivity index (χ0v) is 12.5. The third-order valence-electron chi connectivity index (χ3n) is 2.12. The van der Waals surface area contributed by atoms with E-state index in [0.29, 0.717) is 0 Å². The van der Waals surface area contributed by atoms with E-state index in [4.69, 9.17) is 4.74 Å². The fourth-order valence-corrected chi connectivity index (χ4v) is 1.45. The first-order valence-corrected chi connectivity index (χ1v) is 6.93. The van der Waals surface area contributed by atoms with Gasteiger partial charge >= 0.3 is 0 Å². The summed E-state index contributed by atoms with van der Waals surface area (Å²) >= 11 is 0. The largest absolute Gasteiger partial charge is 0.384 e. The normalized spacial score (nSPS) is 8.59. The Labute approximate surface area is 108 Å². The third-order valence-corrected chi connectivity index (χ3v) is 2.12. The monoisotopic (exact) mass is 238 g/mol. The Kier molecular flexibility index (Phi) is 16.6. The summed E-state index contributed by atoms with van der Waals surface area (Å²) in [6, 6.07) is 8.77. The lowest BCUT2D eigenvalue weighted by molar-refractivity contribution is 0.202. The van der Waals surface area contributed by atoms with Gasteiger partial charge in [-0.15, -0.1) is 0 Å². The van der Waals surface area contributed by atoms with Crippen molar-refractivity contribution < 1.29 is 4.74 Å². The van der Waals surface area contributed by atoms with Crippen LogP contribution in [0, 0.1) is 0 Å². The topological polar surface area (TPSA) is 9.23 Å². The Morgan fingerprint density at radius 2 is 1.47 bits per heavy atom. The lowest BCUT2D eigenvalue weighted by Crippen LogP contribution is -1.95. The summed E-state index contributed by atoms with van der Waals surface area (Å²) in [7, 11) is 1.75. The molecule has 1 aromatic rings. The van der Waals surface area contributed by atoms with Crippen molar-refractivity contribution in [3.8, 4) is 0 Å². The zero-order valence-electron chi connectivity index (χ0n) is 12.5. The van der Waals surface area contributed by atoms with Crippen molar-refractivity contribution in [2.75, 3.05) is 13.7 Å². The molecule has 1 heteroatoms. The minimum Gasteiger partial charge on any atom is -0.384 e. The van der Waals surface area contributed by atoms with E-state index in [1.165, 1.54) is 24.0 Å². The van der Waals surface area contributed by atoms with Gasteiger partial charge in [-0.05, 0) is 24.0 Å². The van der Waals surface area contributed by atoms with Gasteiger partial charge < -0.3 is 4.74 Å². The van der Waals surface area contributed by atoms with Crippen molar-refractivity contribution in [2.24, 2.45) is 0 Å². The van der Waals surface area contributed by atoms with Crippen molar-refractivity contribution in [3.05, 3.63) is 35.4 Å². The summed E-state index contributed by atoms with van der Waals surface area (Å²) in [6.45, 7) is 11.0. The van der Waals surface area contributed by atoms with E-state index in [-0.39, 0.29) is 0 Å². The number of hydrogen-bond donors (Lipinski definition) is 0. The highest BCUT2D eigenvalue weighted by Gasteiger charge is 1.94. The number of hydrogen-bond acceptors (Lipinski definition) is 1. The summed E-state index contributed by atoms with van der Waals surface area (Å²) in [5.74, 6) is 0. The average Bonchev–Trinajstić information content (AvgIpc) is 2.42. The van der Waals surface area contributed by atoms with E-state index in [1.807, 2.05) is 27.7 Å². The van der Waals surface area contributed by atoms with Crippen LogP contribution in [0.4, 0.5) is 0 Å². The van der Waals surface area contributed by atoms with E-state index < -0.39 is 0 Å². The molecule has 17 heavy (non-hydrogen) atoms. The molecule has 0 N–H and O–H groups in total. The maximum atomic E-state index is 5.05. The molecule has 0 amide bonds. The van der Waals surface area contributed by atoms with Gasteiger partial charge in [-0.2, -0.15) is 0 Å². The number of rotatable bonds is 5. The lowest BCUT2D eigenvalue weighted by atomic mass is 10.1. The van der Waals surface area contributed by atoms with Crippen LogP contribution in [0.3, 0.4) is 0 Å². The van der Waals surface area contributed by atoms with Crippen LogP contribution in [-0.4, -0.2) is 13.7 Å². The maximum Gasteiger partial charge on any atom is 0.0502 e. The molecule has 1 rings (SSSR count). The molecule has 0 fully saturated rings. The second-order valence-electron chi connectivity index (χ2n) is 3.31. The minimum absolute atomic E-state index is 0.815. The first-order chi connectivity index (χ1) is 8.36. The van der Waals surface area contributed by atoms with Gasteiger partial charge in [0.15, 0.2) is 0 Å². The van der Waals surface area contributed by atoms with E-state index in [9.17, 15) is 0 Å². The van der Waals surface area contributed by atoms with E-state index >= 15 is 0 Å². The van der Waals surface area contributed by atoms with Crippen LogP contribution >= 0.6 is 0 Å². The summed E-state index contributed by atoms with van der Waals surface area (Å²) in [5, 5.41) is 0. The highest BCUT2D eigenvalue weighted by Crippen LogP contribution is 2.08. The Bertz CT molecular complexity index is 243. The predicted octanol–water partition coefficient (Wildman–Crippen LogP) is 4.88. The quantitative estimate of drug-likeness (QED) is 0.710. The molecule has 0 saturated carbocycles. The summed E-state index contributed by atoms with van der Waals surface area (Å²) in [5.41, 5.74) is 2.82. The fourth-order valence-electron chi connectivity index (χ4n) is 1.45. The van der Waals surface area contributed by atoms with Crippen LogP contribution < -0.4 is 0 Å². The molecular weight excluding hydrogens is 208 g/mol. The maximum absolute atomic E-state index is 5.05. The van der Waals surface area contributed by atoms with Crippen LogP contribution in [0.15, 0.2) is 24.3 Å². The van der Waals surface area contributed by atoms with E-state index in [2.05, 4.69) is 31.2 Å². The molecule has 0 aromatic heterocycles. The Morgan fingerprint density at radius 3 is 1.94 bits per heavy atom. The molecule has 0 unspecified atom stereocenters. The molecule has 1 aromatic carbocycles. The molecule has 0 spiro atoms. The SMILES string of the molecule is CC.CC.CCCc1cccc(CCOC)c1. The highest BCUT2D eigenvalue weighted by molar-refractivity contribution is 5.23. The van der Waals surface area contributed by atoms with Gasteiger partial charge in [0, 0.05) is 7.11 Å². The number of benzene rings is 1. The Hall–Kier alpha value is -0.820. The van der Waals surface area contributed by atoms with Gasteiger partial charge in [0.05, 0.1) is 6.61 Å². The minimum atomic E-state index is 0.815.